The number of nitrogens with one attached hydrogen (secondary N) is 1. The van der Waals surface area contributed by atoms with E-state index in [1.54, 1.807) is 54.5 Å². The number of anilines is 1. The quantitative estimate of drug-likeness (QED) is 0.614. The van der Waals surface area contributed by atoms with E-state index in [1.807, 2.05) is 38.1 Å². The van der Waals surface area contributed by atoms with Crippen LogP contribution in [-0.2, 0) is 23.0 Å². The van der Waals surface area contributed by atoms with Crippen LogP contribution < -0.4 is 14.4 Å². The van der Waals surface area contributed by atoms with E-state index in [-0.39, 0.29) is 23.4 Å². The monoisotopic (exact) mass is 450 g/mol. The van der Waals surface area contributed by atoms with Crippen molar-refractivity contribution < 1.29 is 17.9 Å². The lowest BCUT2D eigenvalue weighted by Gasteiger charge is -2.23. The molecule has 166 valence electrons. The van der Waals surface area contributed by atoms with Gasteiger partial charge in [0, 0.05) is 23.8 Å². The number of carbonyl (C=O) groups is 1. The van der Waals surface area contributed by atoms with E-state index in [2.05, 4.69) is 4.72 Å². The summed E-state index contributed by atoms with van der Waals surface area (Å²) in [4.78, 5) is 15.3. The van der Waals surface area contributed by atoms with Crippen molar-refractivity contribution in [3.8, 4) is 5.75 Å². The lowest BCUT2D eigenvalue weighted by atomic mass is 10.1. The maximum atomic E-state index is 13.2. The minimum absolute atomic E-state index is 0.0128. The van der Waals surface area contributed by atoms with Crippen molar-refractivity contribution in [3.63, 3.8) is 0 Å². The molecule has 0 saturated heterocycles. The zero-order chi connectivity index (χ0) is 22.9. The molecule has 1 aliphatic rings. The van der Waals surface area contributed by atoms with Gasteiger partial charge in [-0.05, 0) is 79.4 Å². The van der Waals surface area contributed by atoms with E-state index < -0.39 is 10.0 Å². The molecule has 0 bridgehead atoms. The molecule has 32 heavy (non-hydrogen) atoms. The van der Waals surface area contributed by atoms with Gasteiger partial charge in [0.05, 0.1) is 12.0 Å². The van der Waals surface area contributed by atoms with Crippen LogP contribution in [0.2, 0.25) is 0 Å². The zero-order valence-corrected chi connectivity index (χ0v) is 19.1. The second-order valence-corrected chi connectivity index (χ2v) is 9.83. The van der Waals surface area contributed by atoms with Crippen LogP contribution in [-0.4, -0.2) is 27.5 Å². The first-order chi connectivity index (χ1) is 15.3. The van der Waals surface area contributed by atoms with Crippen LogP contribution in [0.5, 0.6) is 5.75 Å². The summed E-state index contributed by atoms with van der Waals surface area (Å²) in [6.07, 6.45) is 0.756. The van der Waals surface area contributed by atoms with Crippen LogP contribution in [0.4, 0.5) is 5.69 Å². The van der Waals surface area contributed by atoms with E-state index in [9.17, 15) is 13.2 Å². The van der Waals surface area contributed by atoms with Crippen molar-refractivity contribution in [1.29, 1.82) is 0 Å². The van der Waals surface area contributed by atoms with Crippen LogP contribution in [0.15, 0.2) is 71.6 Å². The second-order valence-electron chi connectivity index (χ2n) is 8.06. The highest BCUT2D eigenvalue weighted by Crippen LogP contribution is 2.34. The maximum Gasteiger partial charge on any atom is 0.258 e. The Bertz CT molecular complexity index is 1250. The van der Waals surface area contributed by atoms with Gasteiger partial charge in [0.2, 0.25) is 10.0 Å². The molecular formula is C25H26N2O4S. The van der Waals surface area contributed by atoms with Gasteiger partial charge in [-0.1, -0.05) is 24.3 Å². The third-order valence-corrected chi connectivity index (χ3v) is 7.09. The Morgan fingerprint density at radius 1 is 1.09 bits per heavy atom. The summed E-state index contributed by atoms with van der Waals surface area (Å²) in [5.41, 5.74) is 4.15. The number of aryl methyl sites for hydroxylation is 1. The van der Waals surface area contributed by atoms with Gasteiger partial charge in [-0.25, -0.2) is 13.1 Å². The molecule has 0 saturated carbocycles. The summed E-state index contributed by atoms with van der Waals surface area (Å²) >= 11 is 0. The van der Waals surface area contributed by atoms with Crippen LogP contribution >= 0.6 is 0 Å². The molecule has 0 radical (unpaired) electrons. The molecule has 1 unspecified atom stereocenters. The average molecular weight is 451 g/mol. The Morgan fingerprint density at radius 2 is 1.84 bits per heavy atom. The minimum atomic E-state index is -3.63. The van der Waals surface area contributed by atoms with E-state index in [1.165, 1.54) is 0 Å². The molecule has 0 spiro atoms. The number of methoxy groups -OCH3 is 1. The lowest BCUT2D eigenvalue weighted by molar-refractivity contribution is 0.0981. The highest BCUT2D eigenvalue weighted by molar-refractivity contribution is 7.89. The Hall–Kier alpha value is -3.16. The molecule has 6 nitrogen and oxygen atoms in total. The Labute approximate surface area is 188 Å². The number of hydrogen-bond donors (Lipinski definition) is 1. The standard InChI is InChI=1S/C25H26N2O4S/c1-17-5-4-6-23(13-17)32(29,30)26-16-19-7-8-21-14-18(2)27(24(21)15-19)25(28)20-9-11-22(31-3)12-10-20/h4-13,15,18,26H,14,16H2,1-3H3. The number of ether oxygens (including phenoxy) is 1. The summed E-state index contributed by atoms with van der Waals surface area (Å²) in [6.45, 7) is 4.01. The van der Waals surface area contributed by atoms with Gasteiger partial charge >= 0.3 is 0 Å². The van der Waals surface area contributed by atoms with Crippen molar-refractivity contribution in [2.24, 2.45) is 0 Å². The van der Waals surface area contributed by atoms with Crippen LogP contribution in [0.25, 0.3) is 0 Å². The first-order valence-corrected chi connectivity index (χ1v) is 11.9. The summed E-state index contributed by atoms with van der Waals surface area (Å²) in [6, 6.07) is 19.6. The normalized spacial score (nSPS) is 15.5. The molecule has 1 aliphatic heterocycles. The second kappa shape index (κ2) is 8.76. The average Bonchev–Trinajstić information content (AvgIpc) is 3.12. The number of benzene rings is 3. The molecule has 1 amide bonds. The van der Waals surface area contributed by atoms with E-state index >= 15 is 0 Å². The van der Waals surface area contributed by atoms with Gasteiger partial charge in [-0.2, -0.15) is 0 Å². The molecule has 3 aromatic carbocycles. The number of fused-ring (bicyclic) bond motifs is 1. The fourth-order valence-corrected chi connectivity index (χ4v) is 5.11. The Balaban J connectivity index is 1.56. The van der Waals surface area contributed by atoms with Crippen LogP contribution in [0.3, 0.4) is 0 Å². The predicted octanol–water partition coefficient (Wildman–Crippen LogP) is 4.07. The molecule has 1 atom stereocenters. The van der Waals surface area contributed by atoms with E-state index in [0.717, 1.165) is 28.8 Å². The highest BCUT2D eigenvalue weighted by Gasteiger charge is 2.31. The van der Waals surface area contributed by atoms with Gasteiger partial charge in [-0.15, -0.1) is 0 Å². The van der Waals surface area contributed by atoms with Crippen molar-refractivity contribution in [1.82, 2.24) is 4.72 Å². The van der Waals surface area contributed by atoms with Crippen LogP contribution in [0, 0.1) is 6.92 Å². The van der Waals surface area contributed by atoms with E-state index in [0.29, 0.717) is 11.3 Å². The Morgan fingerprint density at radius 3 is 2.53 bits per heavy atom. The molecule has 0 aromatic heterocycles. The fraction of sp³-hybridized carbons (Fsp3) is 0.240. The minimum Gasteiger partial charge on any atom is -0.497 e. The number of rotatable bonds is 6. The molecular weight excluding hydrogens is 424 g/mol. The van der Waals surface area contributed by atoms with Crippen molar-refractivity contribution in [2.45, 2.75) is 37.8 Å². The lowest BCUT2D eigenvalue weighted by Crippen LogP contribution is -2.35. The highest BCUT2D eigenvalue weighted by atomic mass is 32.2. The summed E-state index contributed by atoms with van der Waals surface area (Å²) in [5, 5.41) is 0. The number of hydrogen-bond acceptors (Lipinski definition) is 4. The van der Waals surface area contributed by atoms with Gasteiger partial charge in [-0.3, -0.25) is 4.79 Å². The molecule has 3 aromatic rings. The van der Waals surface area contributed by atoms with Crippen molar-refractivity contribution in [2.75, 3.05) is 12.0 Å². The first-order valence-electron chi connectivity index (χ1n) is 10.4. The SMILES string of the molecule is COc1ccc(C(=O)N2c3cc(CNS(=O)(=O)c4cccc(C)c4)ccc3CC2C)cc1. The maximum absolute atomic E-state index is 13.2. The third-order valence-electron chi connectivity index (χ3n) is 5.69. The topological polar surface area (TPSA) is 75.7 Å². The number of sulfonamides is 1. The number of carbonyl (C=O) groups excluding carboxylic acids is 1. The summed E-state index contributed by atoms with van der Waals surface area (Å²) < 4.78 is 33.2. The van der Waals surface area contributed by atoms with Crippen molar-refractivity contribution in [3.05, 3.63) is 89.0 Å². The fourth-order valence-electron chi connectivity index (χ4n) is 3.99. The van der Waals surface area contributed by atoms with Gasteiger partial charge in [0.1, 0.15) is 5.75 Å². The molecule has 1 heterocycles. The van der Waals surface area contributed by atoms with E-state index in [4.69, 9.17) is 4.74 Å². The number of amides is 1. The first kappa shape index (κ1) is 22.0. The molecule has 0 fully saturated rings. The molecule has 4 rings (SSSR count). The largest absolute Gasteiger partial charge is 0.497 e. The smallest absolute Gasteiger partial charge is 0.258 e. The summed E-state index contributed by atoms with van der Waals surface area (Å²) in [7, 11) is -2.04. The Kier molecular flexibility index (Phi) is 6.04. The third kappa shape index (κ3) is 4.40. The molecule has 0 aliphatic carbocycles. The predicted molar refractivity (Wildman–Crippen MR) is 125 cm³/mol. The van der Waals surface area contributed by atoms with Gasteiger partial charge in [0.25, 0.3) is 5.91 Å². The van der Waals surface area contributed by atoms with Crippen molar-refractivity contribution >= 4 is 21.6 Å². The van der Waals surface area contributed by atoms with Gasteiger partial charge < -0.3 is 9.64 Å². The molecule has 1 N–H and O–H groups in total. The zero-order valence-electron chi connectivity index (χ0n) is 18.3. The summed E-state index contributed by atoms with van der Waals surface area (Å²) in [5.74, 6) is 0.607. The van der Waals surface area contributed by atoms with Gasteiger partial charge in [0.15, 0.2) is 0 Å². The number of nitrogens with zero attached hydrogens (tertiary/aromatic N) is 1. The van der Waals surface area contributed by atoms with Crippen LogP contribution in [0.1, 0.15) is 34.0 Å². The molecule has 7 heteroatoms.